The normalized spacial score (nSPS) is 11.9. The molecular weight excluding hydrogens is 264 g/mol. The highest BCUT2D eigenvalue weighted by atomic mass is 19.1. The molecule has 20 heavy (non-hydrogen) atoms. The van der Waals surface area contributed by atoms with Crippen molar-refractivity contribution in [2.75, 3.05) is 5.32 Å². The molecule has 0 saturated heterocycles. The monoisotopic (exact) mass is 277 g/mol. The van der Waals surface area contributed by atoms with E-state index in [4.69, 9.17) is 0 Å². The van der Waals surface area contributed by atoms with Crippen molar-refractivity contribution in [2.24, 2.45) is 0 Å². The van der Waals surface area contributed by atoms with Gasteiger partial charge in [0.25, 0.3) is 0 Å². The number of aliphatic carboxylic acids is 1. The van der Waals surface area contributed by atoms with Gasteiger partial charge in [0.2, 0.25) is 0 Å². The Bertz CT molecular complexity index is 644. The lowest BCUT2D eigenvalue weighted by molar-refractivity contribution is -0.138. The van der Waals surface area contributed by atoms with Crippen molar-refractivity contribution in [3.8, 4) is 0 Å². The van der Waals surface area contributed by atoms with Gasteiger partial charge in [-0.3, -0.25) is 0 Å². The fourth-order valence-electron chi connectivity index (χ4n) is 1.88. The number of rotatable bonds is 4. The molecule has 0 amide bonds. The standard InChI is InChI=1S/C15H13F2NO2/c1-9-7-10(5-6-13(9)17)14(15(19)20)18-12-4-2-3-11(16)8-12/h2-8,14,18H,1H3,(H,19,20). The van der Waals surface area contributed by atoms with E-state index in [0.29, 0.717) is 16.8 Å². The molecule has 5 heteroatoms. The topological polar surface area (TPSA) is 49.3 Å². The van der Waals surface area contributed by atoms with Crippen LogP contribution in [0.15, 0.2) is 42.5 Å². The number of benzene rings is 2. The summed E-state index contributed by atoms with van der Waals surface area (Å²) in [4.78, 5) is 11.3. The van der Waals surface area contributed by atoms with Gasteiger partial charge in [-0.1, -0.05) is 18.2 Å². The zero-order valence-electron chi connectivity index (χ0n) is 10.7. The maximum absolute atomic E-state index is 13.2. The number of hydrogen-bond donors (Lipinski definition) is 2. The van der Waals surface area contributed by atoms with E-state index in [1.165, 1.54) is 36.4 Å². The lowest BCUT2D eigenvalue weighted by Crippen LogP contribution is -2.20. The van der Waals surface area contributed by atoms with Gasteiger partial charge in [-0.05, 0) is 42.3 Å². The number of hydrogen-bond acceptors (Lipinski definition) is 2. The summed E-state index contributed by atoms with van der Waals surface area (Å²) < 4.78 is 26.3. The first-order valence-electron chi connectivity index (χ1n) is 5.98. The first kappa shape index (κ1) is 14.0. The predicted molar refractivity (Wildman–Crippen MR) is 71.5 cm³/mol. The van der Waals surface area contributed by atoms with E-state index in [0.717, 1.165) is 0 Å². The van der Waals surface area contributed by atoms with Gasteiger partial charge in [-0.25, -0.2) is 13.6 Å². The average Bonchev–Trinajstić information content (AvgIpc) is 2.39. The minimum atomic E-state index is -1.12. The Kier molecular flexibility index (Phi) is 3.98. The summed E-state index contributed by atoms with van der Waals surface area (Å²) in [5, 5.41) is 12.0. The SMILES string of the molecule is Cc1cc(C(Nc2cccc(F)c2)C(=O)O)ccc1F. The predicted octanol–water partition coefficient (Wildman–Crippen LogP) is 3.51. The second-order valence-electron chi connectivity index (χ2n) is 4.43. The molecule has 2 rings (SSSR count). The van der Waals surface area contributed by atoms with Crippen molar-refractivity contribution in [3.63, 3.8) is 0 Å². The van der Waals surface area contributed by atoms with Crippen molar-refractivity contribution in [3.05, 3.63) is 65.2 Å². The van der Waals surface area contributed by atoms with Crippen LogP contribution in [-0.2, 0) is 4.79 Å². The summed E-state index contributed by atoms with van der Waals surface area (Å²) in [6.07, 6.45) is 0. The molecule has 0 bridgehead atoms. The summed E-state index contributed by atoms with van der Waals surface area (Å²) in [5.74, 6) is -1.99. The molecular formula is C15H13F2NO2. The molecule has 2 aromatic rings. The molecule has 0 saturated carbocycles. The molecule has 0 aliphatic heterocycles. The Morgan fingerprint density at radius 3 is 2.55 bits per heavy atom. The zero-order valence-corrected chi connectivity index (χ0v) is 10.7. The number of aryl methyl sites for hydroxylation is 1. The Morgan fingerprint density at radius 1 is 1.20 bits per heavy atom. The Morgan fingerprint density at radius 2 is 1.95 bits per heavy atom. The molecule has 0 radical (unpaired) electrons. The van der Waals surface area contributed by atoms with Crippen LogP contribution in [-0.4, -0.2) is 11.1 Å². The van der Waals surface area contributed by atoms with Gasteiger partial charge in [-0.15, -0.1) is 0 Å². The molecule has 2 N–H and O–H groups in total. The summed E-state index contributed by atoms with van der Waals surface area (Å²) in [5.41, 5.74) is 1.11. The second kappa shape index (κ2) is 5.69. The van der Waals surface area contributed by atoms with E-state index in [1.807, 2.05) is 0 Å². The molecule has 0 fully saturated rings. The summed E-state index contributed by atoms with van der Waals surface area (Å²) in [6.45, 7) is 1.56. The molecule has 104 valence electrons. The van der Waals surface area contributed by atoms with Gasteiger partial charge in [0.15, 0.2) is 6.04 Å². The smallest absolute Gasteiger partial charge is 0.330 e. The van der Waals surface area contributed by atoms with Gasteiger partial charge >= 0.3 is 5.97 Å². The molecule has 0 aromatic heterocycles. The van der Waals surface area contributed by atoms with Crippen LogP contribution in [0.5, 0.6) is 0 Å². The van der Waals surface area contributed by atoms with Crippen LogP contribution in [0.1, 0.15) is 17.2 Å². The Hall–Kier alpha value is -2.43. The molecule has 0 aliphatic rings. The lowest BCUT2D eigenvalue weighted by atomic mass is 10.0. The van der Waals surface area contributed by atoms with E-state index in [1.54, 1.807) is 13.0 Å². The fraction of sp³-hybridized carbons (Fsp3) is 0.133. The van der Waals surface area contributed by atoms with Gasteiger partial charge in [0, 0.05) is 5.69 Å². The number of nitrogens with one attached hydrogen (secondary N) is 1. The van der Waals surface area contributed by atoms with Crippen LogP contribution < -0.4 is 5.32 Å². The maximum Gasteiger partial charge on any atom is 0.330 e. The number of halogens is 2. The third-order valence-corrected chi connectivity index (χ3v) is 2.90. The number of anilines is 1. The zero-order chi connectivity index (χ0) is 14.7. The van der Waals surface area contributed by atoms with Crippen LogP contribution >= 0.6 is 0 Å². The van der Waals surface area contributed by atoms with Crippen molar-refractivity contribution in [1.82, 2.24) is 0 Å². The van der Waals surface area contributed by atoms with Crippen molar-refractivity contribution in [2.45, 2.75) is 13.0 Å². The van der Waals surface area contributed by atoms with Crippen molar-refractivity contribution in [1.29, 1.82) is 0 Å². The molecule has 0 spiro atoms. The lowest BCUT2D eigenvalue weighted by Gasteiger charge is -2.17. The van der Waals surface area contributed by atoms with Crippen LogP contribution in [0.3, 0.4) is 0 Å². The van der Waals surface area contributed by atoms with Crippen LogP contribution in [0, 0.1) is 18.6 Å². The quantitative estimate of drug-likeness (QED) is 0.899. The molecule has 2 aromatic carbocycles. The van der Waals surface area contributed by atoms with Gasteiger partial charge < -0.3 is 10.4 Å². The summed E-state index contributed by atoms with van der Waals surface area (Å²) in [6, 6.07) is 8.51. The summed E-state index contributed by atoms with van der Waals surface area (Å²) in [7, 11) is 0. The summed E-state index contributed by atoms with van der Waals surface area (Å²) >= 11 is 0. The van der Waals surface area contributed by atoms with E-state index in [9.17, 15) is 18.7 Å². The van der Waals surface area contributed by atoms with Gasteiger partial charge in [-0.2, -0.15) is 0 Å². The van der Waals surface area contributed by atoms with Gasteiger partial charge in [0.1, 0.15) is 11.6 Å². The number of carbonyl (C=O) groups is 1. The first-order valence-corrected chi connectivity index (χ1v) is 5.98. The molecule has 0 heterocycles. The number of carboxylic acids is 1. The minimum Gasteiger partial charge on any atom is -0.479 e. The highest BCUT2D eigenvalue weighted by Crippen LogP contribution is 2.22. The largest absolute Gasteiger partial charge is 0.479 e. The molecule has 0 aliphatic carbocycles. The fourth-order valence-corrected chi connectivity index (χ4v) is 1.88. The molecule has 3 nitrogen and oxygen atoms in total. The number of carboxylic acid groups (broad SMARTS) is 1. The van der Waals surface area contributed by atoms with Crippen molar-refractivity contribution >= 4 is 11.7 Å². The third-order valence-electron chi connectivity index (χ3n) is 2.90. The Labute approximate surface area is 114 Å². The first-order chi connectivity index (χ1) is 9.47. The minimum absolute atomic E-state index is 0.347. The highest BCUT2D eigenvalue weighted by Gasteiger charge is 2.20. The van der Waals surface area contributed by atoms with Crippen LogP contribution in [0.4, 0.5) is 14.5 Å². The average molecular weight is 277 g/mol. The second-order valence-corrected chi connectivity index (χ2v) is 4.43. The van der Waals surface area contributed by atoms with Crippen molar-refractivity contribution < 1.29 is 18.7 Å². The van der Waals surface area contributed by atoms with Gasteiger partial charge in [0.05, 0.1) is 0 Å². The van der Waals surface area contributed by atoms with E-state index in [2.05, 4.69) is 5.32 Å². The third kappa shape index (κ3) is 3.12. The molecule has 1 unspecified atom stereocenters. The maximum atomic E-state index is 13.2. The van der Waals surface area contributed by atoms with Crippen LogP contribution in [0.2, 0.25) is 0 Å². The van der Waals surface area contributed by atoms with E-state index in [-0.39, 0.29) is 0 Å². The molecule has 1 atom stereocenters. The van der Waals surface area contributed by atoms with E-state index < -0.39 is 23.6 Å². The van der Waals surface area contributed by atoms with Crippen LogP contribution in [0.25, 0.3) is 0 Å². The van der Waals surface area contributed by atoms with E-state index >= 15 is 0 Å². The Balaban J connectivity index is 2.32. The highest BCUT2D eigenvalue weighted by molar-refractivity contribution is 5.79.